The quantitative estimate of drug-likeness (QED) is 0.430. The minimum Gasteiger partial charge on any atom is -0.495 e. The molecule has 0 aliphatic heterocycles. The monoisotopic (exact) mass is 431 g/mol. The van der Waals surface area contributed by atoms with Gasteiger partial charge in [0.15, 0.2) is 10.7 Å². The third kappa shape index (κ3) is 4.57. The van der Waals surface area contributed by atoms with Gasteiger partial charge < -0.3 is 14.5 Å². The molecule has 0 saturated heterocycles. The van der Waals surface area contributed by atoms with Crippen LogP contribution < -0.4 is 15.4 Å². The Morgan fingerprint density at radius 2 is 1.77 bits per heavy atom. The number of anilines is 1. The van der Waals surface area contributed by atoms with Crippen LogP contribution >= 0.6 is 12.2 Å². The molecule has 1 amide bonds. The molecule has 0 atom stereocenters. The van der Waals surface area contributed by atoms with Gasteiger partial charge in [-0.25, -0.2) is 4.98 Å². The van der Waals surface area contributed by atoms with Gasteiger partial charge in [0, 0.05) is 11.1 Å². The van der Waals surface area contributed by atoms with Crippen molar-refractivity contribution >= 4 is 40.0 Å². The number of para-hydroxylation sites is 2. The highest BCUT2D eigenvalue weighted by atomic mass is 32.1. The average Bonchev–Trinajstić information content (AvgIpc) is 3.17. The molecular weight excluding hydrogens is 410 g/mol. The van der Waals surface area contributed by atoms with E-state index in [0.717, 1.165) is 22.2 Å². The lowest BCUT2D eigenvalue weighted by atomic mass is 10.1. The molecular formula is C24H21N3O3S. The number of aryl methyl sites for hydroxylation is 2. The van der Waals surface area contributed by atoms with E-state index < -0.39 is 0 Å². The second-order valence-corrected chi connectivity index (χ2v) is 7.59. The summed E-state index contributed by atoms with van der Waals surface area (Å²) in [6, 6.07) is 18.7. The lowest BCUT2D eigenvalue weighted by Gasteiger charge is -2.14. The Morgan fingerprint density at radius 1 is 1.03 bits per heavy atom. The third-order valence-electron chi connectivity index (χ3n) is 4.70. The van der Waals surface area contributed by atoms with Crippen LogP contribution in [0.4, 0.5) is 5.69 Å². The van der Waals surface area contributed by atoms with Crippen LogP contribution in [-0.4, -0.2) is 23.1 Å². The molecule has 0 aliphatic carbocycles. The maximum atomic E-state index is 12.6. The van der Waals surface area contributed by atoms with Gasteiger partial charge in [-0.05, 0) is 68.5 Å². The van der Waals surface area contributed by atoms with Crippen molar-refractivity contribution in [3.8, 4) is 17.2 Å². The Labute approximate surface area is 185 Å². The first kappa shape index (κ1) is 20.6. The number of amides is 1. The highest BCUT2D eigenvalue weighted by Crippen LogP contribution is 2.31. The summed E-state index contributed by atoms with van der Waals surface area (Å²) in [6.45, 7) is 3.89. The van der Waals surface area contributed by atoms with Crippen molar-refractivity contribution < 1.29 is 13.9 Å². The van der Waals surface area contributed by atoms with E-state index in [1.807, 2.05) is 68.4 Å². The van der Waals surface area contributed by atoms with Crippen LogP contribution in [0.1, 0.15) is 21.5 Å². The van der Waals surface area contributed by atoms with Gasteiger partial charge in [-0.2, -0.15) is 0 Å². The van der Waals surface area contributed by atoms with E-state index in [2.05, 4.69) is 15.6 Å². The fourth-order valence-corrected chi connectivity index (χ4v) is 3.57. The molecule has 7 heteroatoms. The molecule has 156 valence electrons. The number of nitrogens with zero attached hydrogens (tertiary/aromatic N) is 1. The van der Waals surface area contributed by atoms with Crippen LogP contribution in [-0.2, 0) is 0 Å². The van der Waals surface area contributed by atoms with Gasteiger partial charge in [0.25, 0.3) is 5.91 Å². The van der Waals surface area contributed by atoms with Crippen molar-refractivity contribution in [3.63, 3.8) is 0 Å². The third-order valence-corrected chi connectivity index (χ3v) is 4.90. The molecule has 0 aliphatic rings. The summed E-state index contributed by atoms with van der Waals surface area (Å²) in [6.07, 6.45) is 0. The van der Waals surface area contributed by atoms with Gasteiger partial charge in [0.1, 0.15) is 11.3 Å². The lowest BCUT2D eigenvalue weighted by Crippen LogP contribution is -2.34. The van der Waals surface area contributed by atoms with Crippen LogP contribution in [0.15, 0.2) is 65.1 Å². The zero-order chi connectivity index (χ0) is 22.0. The lowest BCUT2D eigenvalue weighted by molar-refractivity contribution is 0.0977. The number of hydrogen-bond acceptors (Lipinski definition) is 5. The van der Waals surface area contributed by atoms with Crippen molar-refractivity contribution in [2.24, 2.45) is 0 Å². The molecule has 2 N–H and O–H groups in total. The van der Waals surface area contributed by atoms with Crippen LogP contribution in [0.2, 0.25) is 0 Å². The molecule has 0 radical (unpaired) electrons. The average molecular weight is 432 g/mol. The van der Waals surface area contributed by atoms with Crippen molar-refractivity contribution in [3.05, 3.63) is 77.4 Å². The Hall–Kier alpha value is -3.71. The predicted molar refractivity (Wildman–Crippen MR) is 126 cm³/mol. The molecule has 0 saturated carbocycles. The van der Waals surface area contributed by atoms with Crippen molar-refractivity contribution in [1.82, 2.24) is 10.3 Å². The largest absolute Gasteiger partial charge is 0.495 e. The van der Waals surface area contributed by atoms with Crippen LogP contribution in [0.25, 0.3) is 22.6 Å². The molecule has 3 aromatic carbocycles. The van der Waals surface area contributed by atoms with Gasteiger partial charge in [0.05, 0.1) is 12.8 Å². The summed E-state index contributed by atoms with van der Waals surface area (Å²) in [5, 5.41) is 5.92. The molecule has 0 spiro atoms. The minimum absolute atomic E-state index is 0.164. The molecule has 1 heterocycles. The standard InChI is InChI=1S/C24H21N3O3S/c1-14-10-15(2)12-17(11-14)22(28)27-24(31)26-19-13-16(8-9-20(19)29-3)23-25-18-6-4-5-7-21(18)30-23/h4-13H,1-3H3,(H2,26,27,28,31). The Kier molecular flexibility index (Phi) is 5.68. The number of hydrogen-bond donors (Lipinski definition) is 2. The molecule has 0 fully saturated rings. The summed E-state index contributed by atoms with van der Waals surface area (Å²) in [5.74, 6) is 0.776. The molecule has 1 aromatic heterocycles. The molecule has 4 aromatic rings. The number of benzene rings is 3. The van der Waals surface area contributed by atoms with Crippen molar-refractivity contribution in [2.75, 3.05) is 12.4 Å². The molecule has 0 bridgehead atoms. The topological polar surface area (TPSA) is 76.4 Å². The number of carbonyl (C=O) groups is 1. The normalized spacial score (nSPS) is 10.7. The fraction of sp³-hybridized carbons (Fsp3) is 0.125. The first-order valence-corrected chi connectivity index (χ1v) is 10.1. The Bertz CT molecular complexity index is 1240. The molecule has 4 rings (SSSR count). The van der Waals surface area contributed by atoms with E-state index in [1.165, 1.54) is 0 Å². The van der Waals surface area contributed by atoms with Crippen molar-refractivity contribution in [1.29, 1.82) is 0 Å². The first-order chi connectivity index (χ1) is 14.9. The van der Waals surface area contributed by atoms with E-state index in [1.54, 1.807) is 13.2 Å². The van der Waals surface area contributed by atoms with Gasteiger partial charge in [-0.15, -0.1) is 0 Å². The summed E-state index contributed by atoms with van der Waals surface area (Å²) in [5.41, 5.74) is 5.40. The highest BCUT2D eigenvalue weighted by Gasteiger charge is 2.14. The number of rotatable bonds is 4. The summed E-state index contributed by atoms with van der Waals surface area (Å²) in [4.78, 5) is 17.1. The van der Waals surface area contributed by atoms with Gasteiger partial charge in [0.2, 0.25) is 5.89 Å². The number of aromatic nitrogens is 1. The van der Waals surface area contributed by atoms with Gasteiger partial charge in [-0.1, -0.05) is 29.3 Å². The van der Waals surface area contributed by atoms with Gasteiger partial charge in [-0.3, -0.25) is 10.1 Å². The SMILES string of the molecule is COc1ccc(-c2nc3ccccc3o2)cc1NC(=S)NC(=O)c1cc(C)cc(C)c1. The maximum absolute atomic E-state index is 12.6. The van der Waals surface area contributed by atoms with Crippen LogP contribution in [0, 0.1) is 13.8 Å². The fourth-order valence-electron chi connectivity index (χ4n) is 3.37. The zero-order valence-electron chi connectivity index (χ0n) is 17.4. The van der Waals surface area contributed by atoms with E-state index in [4.69, 9.17) is 21.4 Å². The van der Waals surface area contributed by atoms with E-state index in [-0.39, 0.29) is 11.0 Å². The van der Waals surface area contributed by atoms with Crippen LogP contribution in [0.5, 0.6) is 5.75 Å². The van der Waals surface area contributed by atoms with E-state index in [0.29, 0.717) is 28.5 Å². The number of thiocarbonyl (C=S) groups is 1. The van der Waals surface area contributed by atoms with Crippen molar-refractivity contribution in [2.45, 2.75) is 13.8 Å². The number of carbonyl (C=O) groups excluding carboxylic acids is 1. The Morgan fingerprint density at radius 3 is 2.48 bits per heavy atom. The number of fused-ring (bicyclic) bond motifs is 1. The smallest absolute Gasteiger partial charge is 0.257 e. The first-order valence-electron chi connectivity index (χ1n) is 9.67. The number of ether oxygens (including phenoxy) is 1. The summed E-state index contributed by atoms with van der Waals surface area (Å²) < 4.78 is 11.3. The van der Waals surface area contributed by atoms with E-state index in [9.17, 15) is 4.79 Å². The maximum Gasteiger partial charge on any atom is 0.257 e. The number of oxazole rings is 1. The predicted octanol–water partition coefficient (Wildman–Crippen LogP) is 5.25. The number of methoxy groups -OCH3 is 1. The van der Waals surface area contributed by atoms with Crippen LogP contribution in [0.3, 0.4) is 0 Å². The molecule has 31 heavy (non-hydrogen) atoms. The molecule has 6 nitrogen and oxygen atoms in total. The second-order valence-electron chi connectivity index (χ2n) is 7.19. The van der Waals surface area contributed by atoms with Gasteiger partial charge >= 0.3 is 0 Å². The summed E-state index contributed by atoms with van der Waals surface area (Å²) in [7, 11) is 1.57. The zero-order valence-corrected chi connectivity index (χ0v) is 18.2. The second kappa shape index (κ2) is 8.57. The summed E-state index contributed by atoms with van der Waals surface area (Å²) >= 11 is 5.36. The Balaban J connectivity index is 1.56. The van der Waals surface area contributed by atoms with E-state index >= 15 is 0 Å². The minimum atomic E-state index is -0.279. The molecule has 0 unspecified atom stereocenters. The highest BCUT2D eigenvalue weighted by molar-refractivity contribution is 7.80. The number of nitrogens with one attached hydrogen (secondary N) is 2.